The SMILES string of the molecule is C/C=C/CCCCCCC(CC1CCCCCCCCCCCC(OS(=O)(=O)O)CC(OS(=O)(=O)O)CCCCCCCCCCCC=CC(=O)O1)OS(=O)(=O)O. The van der Waals surface area contributed by atoms with Crippen LogP contribution in [0.15, 0.2) is 24.3 Å². The van der Waals surface area contributed by atoms with E-state index in [1.165, 1.54) is 6.08 Å². The number of cyclic esters (lactones) is 1. The standard InChI is InChI=1S/C40H74O14S3/c1-2-3-4-5-14-20-25-30-37(52-55(42,43)44)34-36-29-24-19-15-11-9-12-17-22-27-32-39(54-57(48,49)50)35-38(53-56(45,46)47)31-26-21-16-10-7-6-8-13-18-23-28-33-40(41)51-36/h2-3,28,33,36-39H,4-27,29-32,34-35H2,1H3,(H,42,43,44)(H,45,46,47)(H,48,49,50)/b3-2+,33-28?. The zero-order valence-electron chi connectivity index (χ0n) is 34.4. The van der Waals surface area contributed by atoms with Gasteiger partial charge in [-0.1, -0.05) is 140 Å². The number of ether oxygens (including phenoxy) is 1. The highest BCUT2D eigenvalue weighted by Crippen LogP contribution is 2.24. The summed E-state index contributed by atoms with van der Waals surface area (Å²) in [6.07, 6.45) is 27.2. The maximum absolute atomic E-state index is 12.8. The molecule has 0 aromatic heterocycles. The third kappa shape index (κ3) is 36.2. The van der Waals surface area contributed by atoms with Gasteiger partial charge in [-0.25, -0.2) is 17.3 Å². The van der Waals surface area contributed by atoms with E-state index in [1.807, 2.05) is 19.1 Å². The monoisotopic (exact) mass is 874 g/mol. The van der Waals surface area contributed by atoms with E-state index in [4.69, 9.17) is 17.3 Å². The molecule has 4 atom stereocenters. The molecule has 1 rings (SSSR count). The molecule has 14 nitrogen and oxygen atoms in total. The number of carbonyl (C=O) groups is 1. The molecule has 0 aromatic rings. The highest BCUT2D eigenvalue weighted by molar-refractivity contribution is 7.81. The third-order valence-corrected chi connectivity index (χ3v) is 11.7. The van der Waals surface area contributed by atoms with Crippen LogP contribution in [0.5, 0.6) is 0 Å². The molecule has 0 radical (unpaired) electrons. The first kappa shape index (κ1) is 53.6. The fourth-order valence-electron chi connectivity index (χ4n) is 7.33. The van der Waals surface area contributed by atoms with Gasteiger partial charge in [-0.15, -0.1) is 0 Å². The van der Waals surface area contributed by atoms with Crippen LogP contribution in [0.3, 0.4) is 0 Å². The molecule has 17 heteroatoms. The van der Waals surface area contributed by atoms with E-state index in [1.54, 1.807) is 0 Å². The zero-order chi connectivity index (χ0) is 42.3. The van der Waals surface area contributed by atoms with Gasteiger partial charge in [0.2, 0.25) is 0 Å². The fraction of sp³-hybridized carbons (Fsp3) is 0.875. The number of rotatable bonds is 15. The largest absolute Gasteiger partial charge is 0.459 e. The minimum Gasteiger partial charge on any atom is -0.459 e. The van der Waals surface area contributed by atoms with Gasteiger partial charge in [-0.2, -0.15) is 25.3 Å². The number of esters is 1. The first-order valence-corrected chi connectivity index (χ1v) is 25.6. The zero-order valence-corrected chi connectivity index (χ0v) is 36.8. The van der Waals surface area contributed by atoms with E-state index in [-0.39, 0.29) is 25.7 Å². The van der Waals surface area contributed by atoms with E-state index in [2.05, 4.69) is 6.08 Å². The van der Waals surface area contributed by atoms with Crippen molar-refractivity contribution >= 4 is 37.2 Å². The lowest BCUT2D eigenvalue weighted by Gasteiger charge is -2.23. The second-order valence-electron chi connectivity index (χ2n) is 15.4. The van der Waals surface area contributed by atoms with Gasteiger partial charge in [-0.3, -0.25) is 13.7 Å². The van der Waals surface area contributed by atoms with Crippen LogP contribution in [-0.4, -0.2) is 69.3 Å². The summed E-state index contributed by atoms with van der Waals surface area (Å²) in [6.45, 7) is 1.98. The molecule has 0 bridgehead atoms. The predicted octanol–water partition coefficient (Wildman–Crippen LogP) is 10.3. The van der Waals surface area contributed by atoms with Crippen molar-refractivity contribution in [3.8, 4) is 0 Å². The molecule has 1 aliphatic rings. The Morgan fingerprint density at radius 2 is 1.11 bits per heavy atom. The van der Waals surface area contributed by atoms with Crippen molar-refractivity contribution in [2.45, 2.75) is 224 Å². The molecular weight excluding hydrogens is 801 g/mol. The summed E-state index contributed by atoms with van der Waals surface area (Å²) < 4.78 is 118. The van der Waals surface area contributed by atoms with Gasteiger partial charge in [0.05, 0.1) is 18.3 Å². The molecule has 0 amide bonds. The summed E-state index contributed by atoms with van der Waals surface area (Å²) in [5.41, 5.74) is 0. The van der Waals surface area contributed by atoms with Crippen LogP contribution < -0.4 is 0 Å². The first-order chi connectivity index (χ1) is 27.1. The van der Waals surface area contributed by atoms with Gasteiger partial charge < -0.3 is 4.74 Å². The van der Waals surface area contributed by atoms with Crippen molar-refractivity contribution in [1.29, 1.82) is 0 Å². The second kappa shape index (κ2) is 32.3. The molecule has 0 saturated carbocycles. The summed E-state index contributed by atoms with van der Waals surface area (Å²) in [7, 11) is -14.2. The average molecular weight is 875 g/mol. The first-order valence-electron chi connectivity index (χ1n) is 21.5. The molecule has 1 heterocycles. The van der Waals surface area contributed by atoms with Gasteiger partial charge in [0, 0.05) is 18.9 Å². The molecule has 0 aliphatic carbocycles. The van der Waals surface area contributed by atoms with Gasteiger partial charge in [-0.05, 0) is 64.7 Å². The Bertz CT molecular complexity index is 1410. The van der Waals surface area contributed by atoms with Crippen molar-refractivity contribution in [2.24, 2.45) is 0 Å². The molecule has 1 aliphatic heterocycles. The highest BCUT2D eigenvalue weighted by atomic mass is 32.3. The van der Waals surface area contributed by atoms with E-state index in [0.717, 1.165) is 141 Å². The Hall–Kier alpha value is -1.44. The Labute approximate surface area is 345 Å². The van der Waals surface area contributed by atoms with Crippen LogP contribution in [0.2, 0.25) is 0 Å². The smallest absolute Gasteiger partial charge is 0.397 e. The summed E-state index contributed by atoms with van der Waals surface area (Å²) in [5.74, 6) is -0.471. The van der Waals surface area contributed by atoms with E-state index in [0.29, 0.717) is 25.7 Å². The summed E-state index contributed by atoms with van der Waals surface area (Å²) in [6, 6.07) is 0. The van der Waals surface area contributed by atoms with Gasteiger partial charge in [0.15, 0.2) is 0 Å². The molecule has 3 N–H and O–H groups in total. The lowest BCUT2D eigenvalue weighted by molar-refractivity contribution is -0.144. The second-order valence-corrected chi connectivity index (χ2v) is 18.6. The average Bonchev–Trinajstić information content (AvgIpc) is 3.09. The summed E-state index contributed by atoms with van der Waals surface area (Å²) in [5, 5.41) is 0. The van der Waals surface area contributed by atoms with Crippen molar-refractivity contribution in [2.75, 3.05) is 0 Å². The summed E-state index contributed by atoms with van der Waals surface area (Å²) in [4.78, 5) is 12.8. The Morgan fingerprint density at radius 1 is 0.649 bits per heavy atom. The van der Waals surface area contributed by atoms with Gasteiger partial charge in [0.25, 0.3) is 0 Å². The van der Waals surface area contributed by atoms with Crippen LogP contribution in [-0.2, 0) is 53.3 Å². The number of allylic oxidation sites excluding steroid dienone is 3. The van der Waals surface area contributed by atoms with Gasteiger partial charge in [0.1, 0.15) is 6.10 Å². The normalized spacial score (nSPS) is 23.4. The molecule has 4 unspecified atom stereocenters. The summed E-state index contributed by atoms with van der Waals surface area (Å²) >= 11 is 0. The quantitative estimate of drug-likeness (QED) is 0.0604. The minimum absolute atomic E-state index is 0.111. The number of hydrogen-bond acceptors (Lipinski definition) is 11. The third-order valence-electron chi connectivity index (χ3n) is 10.2. The molecule has 0 spiro atoms. The van der Waals surface area contributed by atoms with Crippen molar-refractivity contribution < 1.29 is 61.0 Å². The lowest BCUT2D eigenvalue weighted by Crippen LogP contribution is -2.27. The van der Waals surface area contributed by atoms with E-state index >= 15 is 0 Å². The van der Waals surface area contributed by atoms with Crippen LogP contribution in [0.1, 0.15) is 200 Å². The molecule has 57 heavy (non-hydrogen) atoms. The Morgan fingerprint density at radius 3 is 1.58 bits per heavy atom. The maximum Gasteiger partial charge on any atom is 0.397 e. The fourth-order valence-corrected chi connectivity index (χ4v) is 8.89. The van der Waals surface area contributed by atoms with Gasteiger partial charge >= 0.3 is 37.2 Å². The lowest BCUT2D eigenvalue weighted by atomic mass is 9.99. The Kier molecular flexibility index (Phi) is 30.4. The predicted molar refractivity (Wildman–Crippen MR) is 222 cm³/mol. The van der Waals surface area contributed by atoms with E-state index in [9.17, 15) is 43.7 Å². The molecule has 0 aromatic carbocycles. The van der Waals surface area contributed by atoms with Crippen LogP contribution >= 0.6 is 0 Å². The van der Waals surface area contributed by atoms with Crippen LogP contribution in [0.4, 0.5) is 0 Å². The van der Waals surface area contributed by atoms with Crippen LogP contribution in [0, 0.1) is 0 Å². The number of unbranched alkanes of at least 4 members (excludes halogenated alkanes) is 4. The highest BCUT2D eigenvalue weighted by Gasteiger charge is 2.26. The molecule has 0 fully saturated rings. The van der Waals surface area contributed by atoms with Crippen LogP contribution in [0.25, 0.3) is 0 Å². The molecule has 0 saturated heterocycles. The molecular formula is C40H74O14S3. The number of hydrogen-bond donors (Lipinski definition) is 3. The van der Waals surface area contributed by atoms with Crippen molar-refractivity contribution in [1.82, 2.24) is 0 Å². The minimum atomic E-state index is -4.79. The topological polar surface area (TPSA) is 217 Å². The Balaban J connectivity index is 2.85. The van der Waals surface area contributed by atoms with Crippen molar-refractivity contribution in [3.05, 3.63) is 24.3 Å². The maximum atomic E-state index is 12.8. The van der Waals surface area contributed by atoms with Crippen molar-refractivity contribution in [3.63, 3.8) is 0 Å². The number of carbonyl (C=O) groups excluding carboxylic acids is 1. The van der Waals surface area contributed by atoms with E-state index < -0.39 is 61.6 Å². The molecule has 336 valence electrons.